The van der Waals surface area contributed by atoms with Crippen LogP contribution < -0.4 is 0 Å². The summed E-state index contributed by atoms with van der Waals surface area (Å²) in [4.78, 5) is 19.0. The molecule has 0 saturated heterocycles. The zero-order valence-corrected chi connectivity index (χ0v) is 14.9. The molecule has 1 N–H and O–H groups in total. The first-order chi connectivity index (χ1) is 10.3. The fraction of sp³-hybridized carbons (Fsp3) is 0.765. The summed E-state index contributed by atoms with van der Waals surface area (Å²) in [7, 11) is 1.91. The Morgan fingerprint density at radius 3 is 2.50 bits per heavy atom. The summed E-state index contributed by atoms with van der Waals surface area (Å²) in [5.41, 5.74) is 0.927. The Labute approximate surface area is 137 Å². The summed E-state index contributed by atoms with van der Waals surface area (Å²) >= 11 is 1.64. The lowest BCUT2D eigenvalue weighted by Crippen LogP contribution is -2.40. The van der Waals surface area contributed by atoms with E-state index in [4.69, 9.17) is 0 Å². The molecule has 1 saturated carbocycles. The van der Waals surface area contributed by atoms with Gasteiger partial charge in [-0.3, -0.25) is 4.79 Å². The summed E-state index contributed by atoms with van der Waals surface area (Å²) in [5, 5.41) is 12.3. The lowest BCUT2D eigenvalue weighted by Gasteiger charge is -2.34. The van der Waals surface area contributed by atoms with Gasteiger partial charge in [-0.25, -0.2) is 4.98 Å². The molecule has 1 amide bonds. The van der Waals surface area contributed by atoms with Crippen LogP contribution in [0.25, 0.3) is 0 Å². The van der Waals surface area contributed by atoms with Crippen molar-refractivity contribution in [3.63, 3.8) is 0 Å². The van der Waals surface area contributed by atoms with Gasteiger partial charge < -0.3 is 10.0 Å². The van der Waals surface area contributed by atoms with Crippen LogP contribution >= 0.6 is 11.3 Å². The normalized spacial score (nSPS) is 22.6. The molecule has 0 aromatic carbocycles. The monoisotopic (exact) mass is 324 g/mol. The minimum Gasteiger partial charge on any atom is -0.396 e. The summed E-state index contributed by atoms with van der Waals surface area (Å²) in [6, 6.07) is 0.316. The maximum absolute atomic E-state index is 12.5. The van der Waals surface area contributed by atoms with E-state index in [0.29, 0.717) is 18.4 Å². The van der Waals surface area contributed by atoms with Gasteiger partial charge in [0.15, 0.2) is 0 Å². The van der Waals surface area contributed by atoms with Crippen molar-refractivity contribution < 1.29 is 9.90 Å². The average Bonchev–Trinajstić information content (AvgIpc) is 2.95. The molecule has 124 valence electrons. The quantitative estimate of drug-likeness (QED) is 0.926. The van der Waals surface area contributed by atoms with E-state index in [2.05, 4.69) is 25.8 Å². The summed E-state index contributed by atoms with van der Waals surface area (Å²) in [6.45, 7) is 6.70. The molecule has 2 rings (SSSR count). The fourth-order valence-electron chi connectivity index (χ4n) is 2.93. The molecule has 0 atom stereocenters. The number of carbonyl (C=O) groups is 1. The second-order valence-electron chi connectivity index (χ2n) is 7.43. The van der Waals surface area contributed by atoms with Crippen LogP contribution in [0.4, 0.5) is 0 Å². The molecule has 1 aliphatic carbocycles. The molecule has 1 aliphatic rings. The molecule has 1 heterocycles. The second kappa shape index (κ2) is 7.09. The first-order valence-electron chi connectivity index (χ1n) is 8.12. The van der Waals surface area contributed by atoms with Crippen molar-refractivity contribution in [2.24, 2.45) is 5.92 Å². The molecular formula is C17H28N2O2S. The maximum Gasteiger partial charge on any atom is 0.228 e. The van der Waals surface area contributed by atoms with E-state index in [-0.39, 0.29) is 17.9 Å². The van der Waals surface area contributed by atoms with E-state index >= 15 is 0 Å². The van der Waals surface area contributed by atoms with Crippen molar-refractivity contribution in [2.75, 3.05) is 13.7 Å². The third-order valence-corrected chi connectivity index (χ3v) is 5.86. The minimum atomic E-state index is 0.0422. The molecule has 1 aromatic rings. The zero-order valence-electron chi connectivity index (χ0n) is 14.1. The molecule has 0 bridgehead atoms. The van der Waals surface area contributed by atoms with E-state index in [1.54, 1.807) is 11.3 Å². The largest absolute Gasteiger partial charge is 0.396 e. The topological polar surface area (TPSA) is 53.4 Å². The number of hydrogen-bond donors (Lipinski definition) is 1. The van der Waals surface area contributed by atoms with Crippen LogP contribution in [0.3, 0.4) is 0 Å². The summed E-state index contributed by atoms with van der Waals surface area (Å²) in [5.74, 6) is 0.575. The van der Waals surface area contributed by atoms with Crippen LogP contribution in [-0.4, -0.2) is 40.6 Å². The molecule has 0 radical (unpaired) electrons. The Kier molecular flexibility index (Phi) is 5.61. The molecule has 1 fully saturated rings. The van der Waals surface area contributed by atoms with Crippen LogP contribution in [0.2, 0.25) is 0 Å². The predicted molar refractivity (Wildman–Crippen MR) is 90.1 cm³/mol. The molecule has 22 heavy (non-hydrogen) atoms. The van der Waals surface area contributed by atoms with Crippen molar-refractivity contribution in [1.29, 1.82) is 0 Å². The molecule has 0 unspecified atom stereocenters. The lowest BCUT2D eigenvalue weighted by molar-refractivity contribution is -0.132. The number of aliphatic hydroxyl groups is 1. The van der Waals surface area contributed by atoms with E-state index < -0.39 is 0 Å². The van der Waals surface area contributed by atoms with Crippen molar-refractivity contribution in [2.45, 2.75) is 64.3 Å². The minimum absolute atomic E-state index is 0.0422. The summed E-state index contributed by atoms with van der Waals surface area (Å²) < 4.78 is 0. The number of amides is 1. The molecular weight excluding hydrogens is 296 g/mol. The van der Waals surface area contributed by atoms with E-state index in [9.17, 15) is 9.90 Å². The number of aromatic nitrogens is 1. The van der Waals surface area contributed by atoms with Crippen LogP contribution in [-0.2, 0) is 16.6 Å². The Hall–Kier alpha value is -0.940. The lowest BCUT2D eigenvalue weighted by atomic mass is 9.86. The highest BCUT2D eigenvalue weighted by atomic mass is 32.1. The van der Waals surface area contributed by atoms with Crippen LogP contribution in [0.1, 0.15) is 57.2 Å². The van der Waals surface area contributed by atoms with Gasteiger partial charge in [-0.2, -0.15) is 0 Å². The fourth-order valence-corrected chi connectivity index (χ4v) is 3.84. The third-order valence-electron chi connectivity index (χ3n) is 4.54. The number of nitrogens with zero attached hydrogens (tertiary/aromatic N) is 2. The summed E-state index contributed by atoms with van der Waals surface area (Å²) in [6.07, 6.45) is 4.42. The van der Waals surface area contributed by atoms with Gasteiger partial charge in [0.25, 0.3) is 0 Å². The van der Waals surface area contributed by atoms with E-state index in [1.165, 1.54) is 0 Å². The van der Waals surface area contributed by atoms with Gasteiger partial charge in [-0.05, 0) is 31.6 Å². The van der Waals surface area contributed by atoms with Crippen molar-refractivity contribution >= 4 is 17.2 Å². The van der Waals surface area contributed by atoms with Crippen molar-refractivity contribution in [3.8, 4) is 0 Å². The highest BCUT2D eigenvalue weighted by Crippen LogP contribution is 2.28. The first kappa shape index (κ1) is 17.4. The number of thiazole rings is 1. The second-order valence-corrected chi connectivity index (χ2v) is 8.29. The van der Waals surface area contributed by atoms with Gasteiger partial charge in [-0.15, -0.1) is 11.3 Å². The van der Waals surface area contributed by atoms with Gasteiger partial charge in [0.2, 0.25) is 5.91 Å². The predicted octanol–water partition coefficient (Wildman–Crippen LogP) is 2.99. The number of hydrogen-bond acceptors (Lipinski definition) is 4. The molecule has 0 aliphatic heterocycles. The number of carbonyl (C=O) groups excluding carboxylic acids is 1. The van der Waals surface area contributed by atoms with Crippen molar-refractivity contribution in [3.05, 3.63) is 16.1 Å². The van der Waals surface area contributed by atoms with Gasteiger partial charge >= 0.3 is 0 Å². The number of likely N-dealkylation sites (N-methyl/N-ethyl adjacent to an activating group) is 1. The highest BCUT2D eigenvalue weighted by Gasteiger charge is 2.27. The Balaban J connectivity index is 1.90. The van der Waals surface area contributed by atoms with Crippen molar-refractivity contribution in [1.82, 2.24) is 9.88 Å². The molecule has 4 nitrogen and oxygen atoms in total. The van der Waals surface area contributed by atoms with Gasteiger partial charge in [0.1, 0.15) is 0 Å². The highest BCUT2D eigenvalue weighted by molar-refractivity contribution is 7.09. The number of aliphatic hydroxyl groups excluding tert-OH is 1. The maximum atomic E-state index is 12.5. The van der Waals surface area contributed by atoms with Gasteiger partial charge in [-0.1, -0.05) is 20.8 Å². The smallest absolute Gasteiger partial charge is 0.228 e. The van der Waals surface area contributed by atoms with E-state index in [1.807, 2.05) is 17.3 Å². The number of rotatable bonds is 4. The van der Waals surface area contributed by atoms with Gasteiger partial charge in [0.05, 0.1) is 17.1 Å². The average molecular weight is 324 g/mol. The first-order valence-corrected chi connectivity index (χ1v) is 9.00. The van der Waals surface area contributed by atoms with Crippen LogP contribution in [0, 0.1) is 5.92 Å². The Morgan fingerprint density at radius 2 is 2.00 bits per heavy atom. The van der Waals surface area contributed by atoms with E-state index in [0.717, 1.165) is 36.4 Å². The SMILES string of the molecule is CN(C(=O)Cc1csc(C(C)(C)C)n1)C1CCC(CO)CC1. The van der Waals surface area contributed by atoms with Crippen LogP contribution in [0.15, 0.2) is 5.38 Å². The van der Waals surface area contributed by atoms with Gasteiger partial charge in [0, 0.05) is 30.5 Å². The molecule has 0 spiro atoms. The van der Waals surface area contributed by atoms with Crippen LogP contribution in [0.5, 0.6) is 0 Å². The Morgan fingerprint density at radius 1 is 1.36 bits per heavy atom. The third kappa shape index (κ3) is 4.29. The standard InChI is InChI=1S/C17H28N2O2S/c1-17(2,3)16-18-13(11-22-16)9-15(21)19(4)14-7-5-12(10-20)6-8-14/h11-12,14,20H,5-10H2,1-4H3. The zero-order chi connectivity index (χ0) is 16.3. The molecule has 5 heteroatoms. The Bertz CT molecular complexity index is 499. The molecule has 1 aromatic heterocycles.